The summed E-state index contributed by atoms with van der Waals surface area (Å²) in [6.07, 6.45) is 3.32. The highest BCUT2D eigenvalue weighted by atomic mass is 16.5. The van der Waals surface area contributed by atoms with E-state index in [0.717, 1.165) is 10.9 Å². The van der Waals surface area contributed by atoms with Crippen LogP contribution >= 0.6 is 0 Å². The first-order valence-electron chi connectivity index (χ1n) is 6.19. The van der Waals surface area contributed by atoms with Crippen LogP contribution in [0.4, 0.5) is 0 Å². The Kier molecular flexibility index (Phi) is 2.95. The Morgan fingerprint density at radius 1 is 1.20 bits per heavy atom. The van der Waals surface area contributed by atoms with E-state index in [2.05, 4.69) is 9.97 Å². The Morgan fingerprint density at radius 2 is 2.05 bits per heavy atom. The molecule has 0 aliphatic carbocycles. The van der Waals surface area contributed by atoms with E-state index in [9.17, 15) is 4.79 Å². The number of Topliss-reactive ketones (excluding diaryl/α,β-unsaturated/α-hetero) is 1. The van der Waals surface area contributed by atoms with Crippen LogP contribution in [0.25, 0.3) is 10.9 Å². The number of ether oxygens (including phenoxy) is 1. The molecule has 0 aliphatic heterocycles. The molecule has 20 heavy (non-hydrogen) atoms. The van der Waals surface area contributed by atoms with E-state index in [1.54, 1.807) is 0 Å². The largest absolute Gasteiger partial charge is 0.439 e. The zero-order chi connectivity index (χ0) is 14.1. The molecule has 0 saturated carbocycles. The number of carbonyl (C=O) groups excluding carboxylic acids is 1. The van der Waals surface area contributed by atoms with Gasteiger partial charge in [0, 0.05) is 37.1 Å². The Balaban J connectivity index is 1.92. The molecular formula is C15H13N3O2. The van der Waals surface area contributed by atoms with Crippen molar-refractivity contribution < 1.29 is 9.53 Å². The van der Waals surface area contributed by atoms with Crippen molar-refractivity contribution in [2.75, 3.05) is 0 Å². The molecule has 5 nitrogen and oxygen atoms in total. The molecule has 1 aromatic carbocycles. The number of rotatable bonds is 3. The first-order valence-corrected chi connectivity index (χ1v) is 6.19. The lowest BCUT2D eigenvalue weighted by Gasteiger charge is -2.05. The number of nitrogens with zero attached hydrogens (tertiary/aromatic N) is 3. The summed E-state index contributed by atoms with van der Waals surface area (Å²) in [5, 5.41) is 1.09. The number of fused-ring (bicyclic) bond motifs is 1. The van der Waals surface area contributed by atoms with Crippen molar-refractivity contribution in [3.8, 4) is 11.6 Å². The summed E-state index contributed by atoms with van der Waals surface area (Å²) < 4.78 is 7.71. The molecule has 2 aromatic heterocycles. The van der Waals surface area contributed by atoms with E-state index in [1.165, 1.54) is 19.3 Å². The van der Waals surface area contributed by atoms with Gasteiger partial charge in [0.2, 0.25) is 5.88 Å². The van der Waals surface area contributed by atoms with Crippen molar-refractivity contribution >= 4 is 16.7 Å². The summed E-state index contributed by atoms with van der Waals surface area (Å²) in [7, 11) is 1.99. The molecule has 5 heteroatoms. The third kappa shape index (κ3) is 2.25. The summed E-state index contributed by atoms with van der Waals surface area (Å²) in [5.41, 5.74) is 1.47. The summed E-state index contributed by atoms with van der Waals surface area (Å²) >= 11 is 0. The zero-order valence-electron chi connectivity index (χ0n) is 11.2. The SMILES string of the molecule is CC(=O)c1cc(Oc2ccc3c(ccn3C)c2)ncn1. The molecule has 0 unspecified atom stereocenters. The second kappa shape index (κ2) is 4.77. The molecule has 0 N–H and O–H groups in total. The van der Waals surface area contributed by atoms with Gasteiger partial charge in [-0.3, -0.25) is 4.79 Å². The van der Waals surface area contributed by atoms with Gasteiger partial charge in [0.25, 0.3) is 0 Å². The van der Waals surface area contributed by atoms with Crippen LogP contribution in [-0.4, -0.2) is 20.3 Å². The van der Waals surface area contributed by atoms with Gasteiger partial charge in [0.05, 0.1) is 0 Å². The lowest BCUT2D eigenvalue weighted by Crippen LogP contribution is -1.98. The highest BCUT2D eigenvalue weighted by molar-refractivity contribution is 5.92. The van der Waals surface area contributed by atoms with Crippen molar-refractivity contribution in [1.82, 2.24) is 14.5 Å². The van der Waals surface area contributed by atoms with Gasteiger partial charge >= 0.3 is 0 Å². The smallest absolute Gasteiger partial charge is 0.222 e. The third-order valence-electron chi connectivity index (χ3n) is 3.08. The molecular weight excluding hydrogens is 254 g/mol. The van der Waals surface area contributed by atoms with E-state index in [-0.39, 0.29) is 5.78 Å². The molecule has 0 fully saturated rings. The molecule has 2 heterocycles. The first-order chi connectivity index (χ1) is 9.63. The number of ketones is 1. The predicted molar refractivity (Wildman–Crippen MR) is 75.0 cm³/mol. The first kappa shape index (κ1) is 12.3. The lowest BCUT2D eigenvalue weighted by atomic mass is 10.2. The number of hydrogen-bond acceptors (Lipinski definition) is 4. The Morgan fingerprint density at radius 3 is 2.85 bits per heavy atom. The normalized spacial score (nSPS) is 10.7. The number of aryl methyl sites for hydroxylation is 1. The lowest BCUT2D eigenvalue weighted by molar-refractivity contribution is 0.101. The number of carbonyl (C=O) groups is 1. The maximum absolute atomic E-state index is 11.3. The summed E-state index contributed by atoms with van der Waals surface area (Å²) in [6, 6.07) is 9.35. The summed E-state index contributed by atoms with van der Waals surface area (Å²) in [6.45, 7) is 1.46. The van der Waals surface area contributed by atoms with Crippen LogP contribution in [0.2, 0.25) is 0 Å². The van der Waals surface area contributed by atoms with Gasteiger partial charge in [-0.05, 0) is 24.3 Å². The monoisotopic (exact) mass is 267 g/mol. The van der Waals surface area contributed by atoms with Crippen LogP contribution in [0.3, 0.4) is 0 Å². The summed E-state index contributed by atoms with van der Waals surface area (Å²) in [5.74, 6) is 0.924. The van der Waals surface area contributed by atoms with Gasteiger partial charge in [0.1, 0.15) is 17.8 Å². The maximum atomic E-state index is 11.3. The fraction of sp³-hybridized carbons (Fsp3) is 0.133. The molecule has 3 rings (SSSR count). The van der Waals surface area contributed by atoms with Gasteiger partial charge < -0.3 is 9.30 Å². The van der Waals surface area contributed by atoms with E-state index < -0.39 is 0 Å². The van der Waals surface area contributed by atoms with Crippen LogP contribution in [0, 0.1) is 0 Å². The van der Waals surface area contributed by atoms with Gasteiger partial charge in [0.15, 0.2) is 5.78 Å². The molecule has 0 aliphatic rings. The fourth-order valence-corrected chi connectivity index (χ4v) is 2.03. The topological polar surface area (TPSA) is 57.0 Å². The molecule has 0 amide bonds. The van der Waals surface area contributed by atoms with Crippen molar-refractivity contribution in [3.05, 3.63) is 48.5 Å². The van der Waals surface area contributed by atoms with Crippen molar-refractivity contribution in [3.63, 3.8) is 0 Å². The van der Waals surface area contributed by atoms with Crippen LogP contribution in [0.15, 0.2) is 42.9 Å². The van der Waals surface area contributed by atoms with Crippen LogP contribution < -0.4 is 4.74 Å². The molecule has 0 bridgehead atoms. The summed E-state index contributed by atoms with van der Waals surface area (Å²) in [4.78, 5) is 19.2. The molecule has 0 radical (unpaired) electrons. The Bertz CT molecular complexity index is 793. The third-order valence-corrected chi connectivity index (χ3v) is 3.08. The zero-order valence-corrected chi connectivity index (χ0v) is 11.2. The molecule has 0 saturated heterocycles. The van der Waals surface area contributed by atoms with E-state index in [0.29, 0.717) is 17.3 Å². The second-order valence-corrected chi connectivity index (χ2v) is 4.55. The Hall–Kier alpha value is -2.69. The van der Waals surface area contributed by atoms with Gasteiger partial charge in [-0.15, -0.1) is 0 Å². The van der Waals surface area contributed by atoms with Gasteiger partial charge in [-0.1, -0.05) is 0 Å². The fourth-order valence-electron chi connectivity index (χ4n) is 2.03. The molecule has 3 aromatic rings. The average molecular weight is 267 g/mol. The molecule has 0 atom stereocenters. The minimum Gasteiger partial charge on any atom is -0.439 e. The van der Waals surface area contributed by atoms with E-state index in [1.807, 2.05) is 42.1 Å². The minimum absolute atomic E-state index is 0.115. The van der Waals surface area contributed by atoms with E-state index in [4.69, 9.17) is 4.74 Å². The quantitative estimate of drug-likeness (QED) is 0.684. The number of benzene rings is 1. The second-order valence-electron chi connectivity index (χ2n) is 4.55. The van der Waals surface area contributed by atoms with Crippen molar-refractivity contribution in [2.45, 2.75) is 6.92 Å². The van der Waals surface area contributed by atoms with Crippen molar-refractivity contribution in [2.24, 2.45) is 7.05 Å². The van der Waals surface area contributed by atoms with Gasteiger partial charge in [-0.25, -0.2) is 9.97 Å². The molecule has 100 valence electrons. The standard InChI is InChI=1S/C15H13N3O2/c1-10(19)13-8-15(17-9-16-13)20-12-3-4-14-11(7-12)5-6-18(14)2/h3-9H,1-2H3. The number of aromatic nitrogens is 3. The predicted octanol–water partition coefficient (Wildman–Crippen LogP) is 2.96. The number of hydrogen-bond donors (Lipinski definition) is 0. The average Bonchev–Trinajstić information content (AvgIpc) is 2.80. The Labute approximate surface area is 115 Å². The van der Waals surface area contributed by atoms with Gasteiger partial charge in [-0.2, -0.15) is 0 Å². The minimum atomic E-state index is -0.115. The van der Waals surface area contributed by atoms with E-state index >= 15 is 0 Å². The molecule has 0 spiro atoms. The van der Waals surface area contributed by atoms with Crippen LogP contribution in [0.1, 0.15) is 17.4 Å². The van der Waals surface area contributed by atoms with Crippen molar-refractivity contribution in [1.29, 1.82) is 0 Å². The maximum Gasteiger partial charge on any atom is 0.222 e. The van der Waals surface area contributed by atoms with Crippen LogP contribution in [0.5, 0.6) is 11.6 Å². The highest BCUT2D eigenvalue weighted by Gasteiger charge is 2.06. The van der Waals surface area contributed by atoms with Crippen LogP contribution in [-0.2, 0) is 7.05 Å². The highest BCUT2D eigenvalue weighted by Crippen LogP contribution is 2.25.